The van der Waals surface area contributed by atoms with Crippen LogP contribution in [0.1, 0.15) is 43.9 Å². The van der Waals surface area contributed by atoms with E-state index >= 15 is 0 Å². The van der Waals surface area contributed by atoms with Gasteiger partial charge in [-0.1, -0.05) is 79.2 Å². The lowest BCUT2D eigenvalue weighted by atomic mass is 9.75. The molecule has 4 rings (SSSR count). The number of rotatable bonds is 5. The van der Waals surface area contributed by atoms with Gasteiger partial charge < -0.3 is 5.32 Å². The average molecular weight is 493 g/mol. The van der Waals surface area contributed by atoms with E-state index in [1.807, 2.05) is 36.4 Å². The van der Waals surface area contributed by atoms with E-state index in [1.165, 1.54) is 6.42 Å². The second kappa shape index (κ2) is 9.54. The van der Waals surface area contributed by atoms with Crippen molar-refractivity contribution in [3.8, 4) is 21.6 Å². The summed E-state index contributed by atoms with van der Waals surface area (Å²) in [7, 11) is 0. The van der Waals surface area contributed by atoms with E-state index in [9.17, 15) is 4.79 Å². The van der Waals surface area contributed by atoms with Gasteiger partial charge >= 0.3 is 0 Å². The molecule has 1 amide bonds. The fourth-order valence-corrected chi connectivity index (χ4v) is 6.03. The van der Waals surface area contributed by atoms with Crippen LogP contribution in [0.2, 0.25) is 15.1 Å². The Morgan fingerprint density at radius 3 is 2.29 bits per heavy atom. The number of thiophene rings is 1. The molecule has 162 valence electrons. The highest BCUT2D eigenvalue weighted by atomic mass is 35.5. The van der Waals surface area contributed by atoms with Crippen LogP contribution in [0.15, 0.2) is 48.5 Å². The Morgan fingerprint density at radius 1 is 0.935 bits per heavy atom. The molecule has 0 aliphatic heterocycles. The summed E-state index contributed by atoms with van der Waals surface area (Å²) in [5, 5.41) is 5.08. The number of carbonyl (C=O) groups is 1. The lowest BCUT2D eigenvalue weighted by Gasteiger charge is -2.31. The highest BCUT2D eigenvalue weighted by Crippen LogP contribution is 2.43. The second-order valence-electron chi connectivity index (χ2n) is 8.39. The minimum atomic E-state index is -0.253. The summed E-state index contributed by atoms with van der Waals surface area (Å²) in [5.41, 5.74) is 2.80. The molecule has 31 heavy (non-hydrogen) atoms. The van der Waals surface area contributed by atoms with Crippen molar-refractivity contribution in [3.05, 3.63) is 68.5 Å². The lowest BCUT2D eigenvalue weighted by Crippen LogP contribution is -2.39. The van der Waals surface area contributed by atoms with Gasteiger partial charge in [-0.2, -0.15) is 0 Å². The second-order valence-corrected chi connectivity index (χ2v) is 10.8. The number of halogens is 3. The molecule has 1 N–H and O–H groups in total. The summed E-state index contributed by atoms with van der Waals surface area (Å²) in [6, 6.07) is 15.5. The molecule has 1 heterocycles. The minimum absolute atomic E-state index is 0.153. The lowest BCUT2D eigenvalue weighted by molar-refractivity contribution is -0.132. The number of hydrogen-bond donors (Lipinski definition) is 1. The van der Waals surface area contributed by atoms with Crippen LogP contribution < -0.4 is 5.32 Å². The smallest absolute Gasteiger partial charge is 0.226 e. The molecule has 1 saturated carbocycles. The zero-order valence-corrected chi connectivity index (χ0v) is 20.4. The Bertz CT molecular complexity index is 1080. The van der Waals surface area contributed by atoms with Crippen LogP contribution >= 0.6 is 46.1 Å². The van der Waals surface area contributed by atoms with Crippen LogP contribution in [0.5, 0.6) is 0 Å². The number of hydrogen-bond acceptors (Lipinski definition) is 2. The van der Waals surface area contributed by atoms with Crippen molar-refractivity contribution in [1.82, 2.24) is 5.32 Å². The Balaban J connectivity index is 1.64. The van der Waals surface area contributed by atoms with Crippen LogP contribution in [0.25, 0.3) is 21.6 Å². The molecule has 0 unspecified atom stereocenters. The predicted octanol–water partition coefficient (Wildman–Crippen LogP) is 8.63. The Labute approximate surface area is 202 Å². The summed E-state index contributed by atoms with van der Waals surface area (Å²) in [6.45, 7) is 2.60. The van der Waals surface area contributed by atoms with Crippen LogP contribution in [0.3, 0.4) is 0 Å². The van der Waals surface area contributed by atoms with E-state index in [2.05, 4.69) is 18.3 Å². The molecule has 0 spiro atoms. The first-order chi connectivity index (χ1) is 14.9. The van der Waals surface area contributed by atoms with Gasteiger partial charge in [0.2, 0.25) is 5.91 Å². The third-order valence-corrected chi connectivity index (χ3v) is 8.01. The van der Waals surface area contributed by atoms with E-state index in [1.54, 1.807) is 17.4 Å². The quantitative estimate of drug-likeness (QED) is 0.379. The molecule has 0 saturated heterocycles. The Hall–Kier alpha value is -1.52. The maximum Gasteiger partial charge on any atom is 0.226 e. The van der Waals surface area contributed by atoms with E-state index in [4.69, 9.17) is 34.8 Å². The molecular formula is C25H24Cl3NOS. The number of carbonyl (C=O) groups excluding carboxylic acids is 1. The van der Waals surface area contributed by atoms with Crippen molar-refractivity contribution in [2.24, 2.45) is 5.41 Å². The van der Waals surface area contributed by atoms with Gasteiger partial charge in [-0.05, 0) is 48.7 Å². The third-order valence-electron chi connectivity index (χ3n) is 6.04. The summed E-state index contributed by atoms with van der Waals surface area (Å²) in [6.07, 6.45) is 5.41. The van der Waals surface area contributed by atoms with Crippen molar-refractivity contribution in [3.63, 3.8) is 0 Å². The van der Waals surface area contributed by atoms with Gasteiger partial charge in [0.05, 0.1) is 11.6 Å². The number of amides is 1. The van der Waals surface area contributed by atoms with E-state index in [0.29, 0.717) is 21.6 Å². The molecule has 3 aromatic rings. The van der Waals surface area contributed by atoms with Gasteiger partial charge in [0, 0.05) is 36.3 Å². The number of nitrogens with one attached hydrogen (secondary N) is 1. The van der Waals surface area contributed by atoms with E-state index in [-0.39, 0.29) is 11.3 Å². The topological polar surface area (TPSA) is 29.1 Å². The summed E-state index contributed by atoms with van der Waals surface area (Å²) >= 11 is 20.4. The zero-order chi connectivity index (χ0) is 22.0. The molecule has 2 aromatic carbocycles. The third kappa shape index (κ3) is 5.12. The molecule has 1 aliphatic rings. The molecule has 0 radical (unpaired) electrons. The zero-order valence-electron chi connectivity index (χ0n) is 17.3. The summed E-state index contributed by atoms with van der Waals surface area (Å²) < 4.78 is 0. The van der Waals surface area contributed by atoms with Gasteiger partial charge in [-0.3, -0.25) is 4.79 Å². The van der Waals surface area contributed by atoms with Crippen molar-refractivity contribution in [2.45, 2.75) is 45.6 Å². The monoisotopic (exact) mass is 491 g/mol. The van der Waals surface area contributed by atoms with Crippen molar-refractivity contribution >= 4 is 52.0 Å². The average Bonchev–Trinajstić information content (AvgIpc) is 3.17. The molecule has 2 nitrogen and oxygen atoms in total. The number of benzene rings is 2. The van der Waals surface area contributed by atoms with Crippen LogP contribution in [0.4, 0.5) is 0 Å². The first kappa shape index (κ1) is 22.7. The van der Waals surface area contributed by atoms with Crippen LogP contribution in [0, 0.1) is 5.41 Å². The van der Waals surface area contributed by atoms with Crippen molar-refractivity contribution in [2.75, 3.05) is 0 Å². The van der Waals surface area contributed by atoms with Gasteiger partial charge in [0.1, 0.15) is 0 Å². The fourth-order valence-electron chi connectivity index (χ4n) is 4.19. The summed E-state index contributed by atoms with van der Waals surface area (Å²) in [4.78, 5) is 15.0. The molecule has 1 aliphatic carbocycles. The molecule has 6 heteroatoms. The van der Waals surface area contributed by atoms with Gasteiger partial charge in [0.15, 0.2) is 0 Å². The maximum atomic E-state index is 12.9. The highest BCUT2D eigenvalue weighted by molar-refractivity contribution is 7.16. The van der Waals surface area contributed by atoms with E-state index in [0.717, 1.165) is 52.1 Å². The fraction of sp³-hybridized carbons (Fsp3) is 0.320. The molecule has 1 fully saturated rings. The minimum Gasteiger partial charge on any atom is -0.351 e. The van der Waals surface area contributed by atoms with Crippen LogP contribution in [-0.4, -0.2) is 5.91 Å². The predicted molar refractivity (Wildman–Crippen MR) is 133 cm³/mol. The van der Waals surface area contributed by atoms with Crippen LogP contribution in [-0.2, 0) is 11.3 Å². The van der Waals surface area contributed by atoms with Crippen molar-refractivity contribution < 1.29 is 4.79 Å². The Kier molecular flexibility index (Phi) is 6.98. The standard InChI is InChI=1S/C25H24Cl3NOS/c1-25(11-3-2-4-12-25)24(30)29-15-19-14-21(16-5-7-17(26)8-6-16)23(31-19)20-10-9-18(27)13-22(20)28/h5-10,13-14H,2-4,11-12,15H2,1H3,(H,29,30). The van der Waals surface area contributed by atoms with Gasteiger partial charge in [-0.15, -0.1) is 11.3 Å². The normalized spacial score (nSPS) is 15.6. The molecular weight excluding hydrogens is 469 g/mol. The van der Waals surface area contributed by atoms with E-state index < -0.39 is 0 Å². The largest absolute Gasteiger partial charge is 0.351 e. The first-order valence-corrected chi connectivity index (χ1v) is 12.4. The summed E-state index contributed by atoms with van der Waals surface area (Å²) in [5.74, 6) is 0.153. The van der Waals surface area contributed by atoms with Crippen molar-refractivity contribution in [1.29, 1.82) is 0 Å². The molecule has 0 atom stereocenters. The Morgan fingerprint density at radius 2 is 1.61 bits per heavy atom. The first-order valence-electron chi connectivity index (χ1n) is 10.5. The maximum absolute atomic E-state index is 12.9. The van der Waals surface area contributed by atoms with Gasteiger partial charge in [-0.25, -0.2) is 0 Å². The SMILES string of the molecule is CC1(C(=O)NCc2cc(-c3ccc(Cl)cc3)c(-c3ccc(Cl)cc3Cl)s2)CCCCC1. The van der Waals surface area contributed by atoms with Gasteiger partial charge in [0.25, 0.3) is 0 Å². The molecule has 1 aromatic heterocycles. The molecule has 0 bridgehead atoms. The highest BCUT2D eigenvalue weighted by Gasteiger charge is 2.34.